The molecule has 27 rings (SSSR count). The number of rotatable bonds is 12. The Kier molecular flexibility index (Phi) is 19.6. The minimum atomic E-state index is 0.635. The number of hydrogen-bond donors (Lipinski definition) is 0. The zero-order valence-corrected chi connectivity index (χ0v) is 72.6. The van der Waals surface area contributed by atoms with Crippen LogP contribution in [0.2, 0.25) is 0 Å². The third-order valence-corrected chi connectivity index (χ3v) is 25.5. The van der Waals surface area contributed by atoms with Crippen molar-refractivity contribution in [2.75, 3.05) is 0 Å². The first kappa shape index (κ1) is 78.8. The smallest absolute Gasteiger partial charge is 0.164 e. The quantitative estimate of drug-likeness (QED) is 0.114. The molecule has 0 spiro atoms. The normalized spacial score (nSPS) is 11.6. The van der Waals surface area contributed by atoms with E-state index in [1.807, 2.05) is 91.0 Å². The van der Waals surface area contributed by atoms with Gasteiger partial charge in [-0.3, -0.25) is 0 Å². The summed E-state index contributed by atoms with van der Waals surface area (Å²) in [5, 5.41) is 20.6. The van der Waals surface area contributed by atoms with E-state index >= 15 is 0 Å². The van der Waals surface area contributed by atoms with Gasteiger partial charge in [0.15, 0.2) is 52.4 Å². The van der Waals surface area contributed by atoms with Gasteiger partial charge >= 0.3 is 0 Å². The van der Waals surface area contributed by atoms with Crippen LogP contribution in [0.3, 0.4) is 0 Å². The molecule has 0 unspecified atom stereocenters. The van der Waals surface area contributed by atoms with Gasteiger partial charge in [-0.05, 0) is 183 Å². The summed E-state index contributed by atoms with van der Waals surface area (Å²) in [6.45, 7) is 0. The summed E-state index contributed by atoms with van der Waals surface area (Å²) in [4.78, 5) is 45.1. The summed E-state index contributed by atoms with van der Waals surface area (Å²) < 4.78 is 18.3. The molecule has 0 amide bonds. The molecule has 0 radical (unpaired) electrons. The third kappa shape index (κ3) is 15.1. The molecule has 0 N–H and O–H groups in total. The van der Waals surface area contributed by atoms with E-state index in [1.54, 1.807) is 0 Å². The standard InChI is InChI=1S/C45H27N3O.C41H25N3O.C37H23N3O/c1-3-12-30-26-32(22-20-28(30)10-1)43-46-44(33-23-21-29-11-2-4-13-31(29)27-33)48-45(47-43)38-25-24-36(34-14-5-6-15-35(34)38)37-17-9-19-41-42(37)39-16-7-8-18-40(39)49-41;1-3-9-30-23-33(19-15-26(30)7-1)40-42-39(43-41(44-40)34-20-16-27-8-2-4-10-31(27)24-34)29-17-13-28(14-18-29)32-21-22-38-36(25-32)35-11-5-6-12-37(35)45-38;1-2-9-26(10-3-1)35-38-36(40-37(39-35)30-19-16-24-8-4-5-11-28(24)22-30)27-17-14-25(15-18-27)29-20-21-34-32(23-29)31-12-6-7-13-33(31)41-34/h1-27H;1-25H;1-23H. The molecule has 135 heavy (non-hydrogen) atoms. The minimum absolute atomic E-state index is 0.635. The zero-order valence-electron chi connectivity index (χ0n) is 72.6. The van der Waals surface area contributed by atoms with Gasteiger partial charge in [-0.25, -0.2) is 44.9 Å². The van der Waals surface area contributed by atoms with E-state index in [0.717, 1.165) is 187 Å². The lowest BCUT2D eigenvalue weighted by molar-refractivity contribution is 0.668. The van der Waals surface area contributed by atoms with E-state index < -0.39 is 0 Å². The predicted molar refractivity (Wildman–Crippen MR) is 552 cm³/mol. The second kappa shape index (κ2) is 33.6. The van der Waals surface area contributed by atoms with Crippen molar-refractivity contribution in [3.8, 4) is 136 Å². The predicted octanol–water partition coefficient (Wildman–Crippen LogP) is 32.2. The van der Waals surface area contributed by atoms with E-state index in [4.69, 9.17) is 58.1 Å². The molecule has 0 atom stereocenters. The zero-order chi connectivity index (χ0) is 89.2. The number of nitrogens with zero attached hydrogens (tertiary/aromatic N) is 9. The molecule has 12 heteroatoms. The average molecular weight is 1730 g/mol. The van der Waals surface area contributed by atoms with Crippen LogP contribution < -0.4 is 0 Å². The molecule has 0 saturated heterocycles. The van der Waals surface area contributed by atoms with Crippen molar-refractivity contribution in [2.24, 2.45) is 0 Å². The van der Waals surface area contributed by atoms with Crippen molar-refractivity contribution in [3.05, 3.63) is 455 Å². The van der Waals surface area contributed by atoms with Crippen molar-refractivity contribution in [2.45, 2.75) is 0 Å². The molecule has 0 saturated carbocycles. The van der Waals surface area contributed by atoms with Gasteiger partial charge in [0.1, 0.15) is 33.5 Å². The highest BCUT2D eigenvalue weighted by molar-refractivity contribution is 6.17. The first-order valence-electron chi connectivity index (χ1n) is 45.1. The molecule has 27 aromatic rings. The molecule has 6 aromatic heterocycles. The van der Waals surface area contributed by atoms with Gasteiger partial charge in [0.25, 0.3) is 0 Å². The summed E-state index contributed by atoms with van der Waals surface area (Å²) in [5.41, 5.74) is 20.7. The lowest BCUT2D eigenvalue weighted by atomic mass is 9.92. The van der Waals surface area contributed by atoms with Crippen molar-refractivity contribution in [1.29, 1.82) is 0 Å². The van der Waals surface area contributed by atoms with Crippen molar-refractivity contribution < 1.29 is 13.3 Å². The second-order valence-corrected chi connectivity index (χ2v) is 33.9. The molecule has 6 heterocycles. The van der Waals surface area contributed by atoms with E-state index in [0.29, 0.717) is 52.4 Å². The fraction of sp³-hybridized carbons (Fsp3) is 0. The van der Waals surface area contributed by atoms with Crippen LogP contribution in [0.5, 0.6) is 0 Å². The van der Waals surface area contributed by atoms with Crippen LogP contribution >= 0.6 is 0 Å². The molecule has 0 bridgehead atoms. The van der Waals surface area contributed by atoms with Crippen LogP contribution in [0.15, 0.2) is 468 Å². The van der Waals surface area contributed by atoms with Crippen molar-refractivity contribution in [1.82, 2.24) is 44.9 Å². The van der Waals surface area contributed by atoms with Crippen molar-refractivity contribution >= 4 is 130 Å². The van der Waals surface area contributed by atoms with Gasteiger partial charge in [0, 0.05) is 82.4 Å². The Balaban J connectivity index is 0.000000108. The largest absolute Gasteiger partial charge is 0.456 e. The summed E-state index contributed by atoms with van der Waals surface area (Å²) in [6, 6.07) is 157. The Morgan fingerprint density at radius 1 is 0.119 bits per heavy atom. The number of fused-ring (bicyclic) bond motifs is 15. The fourth-order valence-electron chi connectivity index (χ4n) is 18.7. The van der Waals surface area contributed by atoms with Gasteiger partial charge in [-0.15, -0.1) is 0 Å². The first-order chi connectivity index (χ1) is 66.8. The van der Waals surface area contributed by atoms with E-state index in [9.17, 15) is 0 Å². The maximum Gasteiger partial charge on any atom is 0.164 e. The van der Waals surface area contributed by atoms with Crippen LogP contribution in [0.4, 0.5) is 0 Å². The highest BCUT2D eigenvalue weighted by Crippen LogP contribution is 2.44. The third-order valence-electron chi connectivity index (χ3n) is 25.5. The molecule has 0 aliphatic heterocycles. The van der Waals surface area contributed by atoms with E-state index in [2.05, 4.69) is 364 Å². The molecule has 12 nitrogen and oxygen atoms in total. The van der Waals surface area contributed by atoms with Gasteiger partial charge < -0.3 is 13.3 Å². The van der Waals surface area contributed by atoms with E-state index in [1.165, 1.54) is 26.9 Å². The molecule has 0 aliphatic carbocycles. The Hall–Kier alpha value is -18.4. The minimum Gasteiger partial charge on any atom is -0.456 e. The Morgan fingerprint density at radius 3 is 0.756 bits per heavy atom. The van der Waals surface area contributed by atoms with Crippen LogP contribution in [0, 0.1) is 0 Å². The molecule has 0 aliphatic rings. The summed E-state index contributed by atoms with van der Waals surface area (Å²) in [5.74, 6) is 5.80. The SMILES string of the molecule is c1ccc(-c2nc(-c3ccc(-c4ccc5oc6ccccc6c5c4)cc3)nc(-c3ccc4ccccc4c3)n2)cc1.c1ccc2cc(-c3nc(-c4ccc(-c5ccc6oc7ccccc7c6c5)cc4)nc(-c4ccc5ccccc5c4)n3)ccc2c1.c1ccc2cc(-c3nc(-c4ccc5ccccc5c4)nc(-c4ccc(-c5cccc6oc7ccccc7c56)c5ccccc45)n3)ccc2c1. The number of para-hydroxylation sites is 3. The van der Waals surface area contributed by atoms with Crippen LogP contribution in [-0.2, 0) is 0 Å². The first-order valence-corrected chi connectivity index (χ1v) is 45.1. The van der Waals surface area contributed by atoms with Crippen LogP contribution in [-0.4, -0.2) is 44.9 Å². The average Bonchev–Trinajstić information content (AvgIpc) is 1.61. The summed E-state index contributed by atoms with van der Waals surface area (Å²) in [6.07, 6.45) is 0. The highest BCUT2D eigenvalue weighted by Gasteiger charge is 2.23. The maximum absolute atomic E-state index is 6.26. The fourth-order valence-corrected chi connectivity index (χ4v) is 18.7. The van der Waals surface area contributed by atoms with Gasteiger partial charge in [0.2, 0.25) is 0 Å². The monoisotopic (exact) mass is 1730 g/mol. The van der Waals surface area contributed by atoms with Crippen LogP contribution in [0.25, 0.3) is 266 Å². The van der Waals surface area contributed by atoms with Gasteiger partial charge in [-0.1, -0.05) is 370 Å². The Labute approximate surface area is 774 Å². The van der Waals surface area contributed by atoms with E-state index in [-0.39, 0.29) is 0 Å². The lowest BCUT2D eigenvalue weighted by Gasteiger charge is -2.14. The van der Waals surface area contributed by atoms with Gasteiger partial charge in [0.05, 0.1) is 0 Å². The molecule has 630 valence electrons. The molecular weight excluding hydrogens is 1650 g/mol. The topological polar surface area (TPSA) is 155 Å². The molecule has 0 fully saturated rings. The number of hydrogen-bond acceptors (Lipinski definition) is 12. The highest BCUT2D eigenvalue weighted by atomic mass is 16.3. The lowest BCUT2D eigenvalue weighted by Crippen LogP contribution is -2.01. The maximum atomic E-state index is 6.26. The summed E-state index contributed by atoms with van der Waals surface area (Å²) >= 11 is 0. The summed E-state index contributed by atoms with van der Waals surface area (Å²) in [7, 11) is 0. The molecule has 21 aromatic carbocycles. The van der Waals surface area contributed by atoms with Gasteiger partial charge in [-0.2, -0.15) is 0 Å². The second-order valence-electron chi connectivity index (χ2n) is 33.9. The number of furan rings is 3. The Morgan fingerprint density at radius 2 is 0.370 bits per heavy atom. The van der Waals surface area contributed by atoms with Crippen molar-refractivity contribution in [3.63, 3.8) is 0 Å². The van der Waals surface area contributed by atoms with Crippen LogP contribution in [0.1, 0.15) is 0 Å². The number of benzene rings is 21. The number of aromatic nitrogens is 9. The molecular formula is C123H75N9O3. The Bertz CT molecular complexity index is 9160.